The minimum Gasteiger partial charge on any atom is -0.494 e. The van der Waals surface area contributed by atoms with E-state index in [2.05, 4.69) is 20.8 Å². The monoisotopic (exact) mass is 304 g/mol. The number of hydrogen-bond donors (Lipinski definition) is 2. The SMILES string of the molecule is CCOc1ccc(-c2nnc(NC(=O)NC(C)(C)C)o2)cc1. The van der Waals surface area contributed by atoms with Gasteiger partial charge >= 0.3 is 12.0 Å². The molecule has 0 saturated carbocycles. The fraction of sp³-hybridized carbons (Fsp3) is 0.400. The number of ether oxygens (including phenoxy) is 1. The van der Waals surface area contributed by atoms with E-state index in [9.17, 15) is 4.79 Å². The van der Waals surface area contributed by atoms with Gasteiger partial charge in [-0.3, -0.25) is 5.32 Å². The zero-order valence-corrected chi connectivity index (χ0v) is 13.1. The van der Waals surface area contributed by atoms with E-state index >= 15 is 0 Å². The van der Waals surface area contributed by atoms with Gasteiger partial charge in [0.1, 0.15) is 5.75 Å². The van der Waals surface area contributed by atoms with Crippen molar-refractivity contribution >= 4 is 12.0 Å². The molecule has 2 rings (SSSR count). The van der Waals surface area contributed by atoms with Crippen LogP contribution in [0, 0.1) is 0 Å². The van der Waals surface area contributed by atoms with Gasteiger partial charge in [-0.2, -0.15) is 0 Å². The number of carbonyl (C=O) groups excluding carboxylic acids is 1. The highest BCUT2D eigenvalue weighted by Gasteiger charge is 2.16. The zero-order valence-electron chi connectivity index (χ0n) is 13.1. The number of hydrogen-bond acceptors (Lipinski definition) is 5. The molecule has 2 aromatic rings. The number of anilines is 1. The summed E-state index contributed by atoms with van der Waals surface area (Å²) in [6.45, 7) is 8.17. The molecular formula is C15H20N4O3. The van der Waals surface area contributed by atoms with Gasteiger partial charge in [0, 0.05) is 11.1 Å². The lowest BCUT2D eigenvalue weighted by molar-refractivity contribution is 0.243. The van der Waals surface area contributed by atoms with E-state index in [1.54, 1.807) is 0 Å². The Morgan fingerprint density at radius 3 is 2.50 bits per heavy atom. The molecule has 0 atom stereocenters. The normalized spacial score (nSPS) is 11.1. The van der Waals surface area contributed by atoms with Crippen LogP contribution < -0.4 is 15.4 Å². The highest BCUT2D eigenvalue weighted by atomic mass is 16.5. The van der Waals surface area contributed by atoms with E-state index < -0.39 is 6.03 Å². The van der Waals surface area contributed by atoms with Gasteiger partial charge in [-0.1, -0.05) is 5.10 Å². The van der Waals surface area contributed by atoms with Crippen LogP contribution in [0.1, 0.15) is 27.7 Å². The van der Waals surface area contributed by atoms with Gasteiger partial charge in [0.25, 0.3) is 0 Å². The number of nitrogens with one attached hydrogen (secondary N) is 2. The topological polar surface area (TPSA) is 89.3 Å². The van der Waals surface area contributed by atoms with Crippen molar-refractivity contribution in [2.75, 3.05) is 11.9 Å². The van der Waals surface area contributed by atoms with Gasteiger partial charge in [0.2, 0.25) is 5.89 Å². The van der Waals surface area contributed by atoms with Crippen LogP contribution in [-0.2, 0) is 0 Å². The van der Waals surface area contributed by atoms with Crippen molar-refractivity contribution in [1.82, 2.24) is 15.5 Å². The molecule has 0 saturated heterocycles. The quantitative estimate of drug-likeness (QED) is 0.906. The van der Waals surface area contributed by atoms with Crippen LogP contribution in [-0.4, -0.2) is 28.4 Å². The summed E-state index contributed by atoms with van der Waals surface area (Å²) < 4.78 is 10.8. The van der Waals surface area contributed by atoms with Crippen LogP contribution in [0.3, 0.4) is 0 Å². The van der Waals surface area contributed by atoms with Crippen molar-refractivity contribution in [3.8, 4) is 17.2 Å². The molecule has 7 heteroatoms. The molecule has 0 bridgehead atoms. The second-order valence-corrected chi connectivity index (χ2v) is 5.70. The molecule has 0 aliphatic carbocycles. The lowest BCUT2D eigenvalue weighted by atomic mass is 10.1. The van der Waals surface area contributed by atoms with E-state index in [1.165, 1.54) is 0 Å². The number of amides is 2. The van der Waals surface area contributed by atoms with Crippen LogP contribution in [0.5, 0.6) is 5.75 Å². The minimum absolute atomic E-state index is 0.0469. The number of rotatable bonds is 4. The van der Waals surface area contributed by atoms with Crippen molar-refractivity contribution in [3.05, 3.63) is 24.3 Å². The van der Waals surface area contributed by atoms with E-state index in [4.69, 9.17) is 9.15 Å². The summed E-state index contributed by atoms with van der Waals surface area (Å²) in [6, 6.07) is 6.93. The van der Waals surface area contributed by atoms with Crippen molar-refractivity contribution < 1.29 is 13.9 Å². The molecule has 2 N–H and O–H groups in total. The maximum Gasteiger partial charge on any atom is 0.324 e. The lowest BCUT2D eigenvalue weighted by Gasteiger charge is -2.19. The van der Waals surface area contributed by atoms with Crippen molar-refractivity contribution in [2.24, 2.45) is 0 Å². The molecule has 1 aromatic heterocycles. The molecule has 22 heavy (non-hydrogen) atoms. The third kappa shape index (κ3) is 4.47. The maximum absolute atomic E-state index is 11.7. The summed E-state index contributed by atoms with van der Waals surface area (Å²) in [5, 5.41) is 13.0. The summed E-state index contributed by atoms with van der Waals surface area (Å²) in [5.41, 5.74) is 0.405. The average Bonchev–Trinajstić information content (AvgIpc) is 2.86. The molecule has 0 aliphatic heterocycles. The summed E-state index contributed by atoms with van der Waals surface area (Å²) in [5.74, 6) is 1.10. The molecule has 0 unspecified atom stereocenters. The molecule has 1 heterocycles. The van der Waals surface area contributed by atoms with E-state index in [0.29, 0.717) is 12.5 Å². The Hall–Kier alpha value is -2.57. The molecule has 0 aliphatic rings. The molecule has 1 aromatic carbocycles. The number of benzene rings is 1. The molecule has 2 amide bonds. The summed E-state index contributed by atoms with van der Waals surface area (Å²) in [4.78, 5) is 11.7. The Morgan fingerprint density at radius 1 is 1.23 bits per heavy atom. The Bertz CT molecular complexity index is 629. The van der Waals surface area contributed by atoms with E-state index in [0.717, 1.165) is 11.3 Å². The highest BCUT2D eigenvalue weighted by Crippen LogP contribution is 2.22. The smallest absolute Gasteiger partial charge is 0.324 e. The molecule has 0 radical (unpaired) electrons. The van der Waals surface area contributed by atoms with Crippen LogP contribution in [0.2, 0.25) is 0 Å². The first-order chi connectivity index (χ1) is 10.4. The maximum atomic E-state index is 11.7. The standard InChI is InChI=1S/C15H20N4O3/c1-5-21-11-8-6-10(7-9-11)12-18-19-14(22-12)16-13(20)17-15(2,3)4/h6-9H,5H2,1-4H3,(H2,16,17,19,20). The Labute approximate surface area is 129 Å². The van der Waals surface area contributed by atoms with Gasteiger partial charge < -0.3 is 14.5 Å². The largest absolute Gasteiger partial charge is 0.494 e. The van der Waals surface area contributed by atoms with Gasteiger partial charge in [-0.15, -0.1) is 5.10 Å². The number of aromatic nitrogens is 2. The van der Waals surface area contributed by atoms with Gasteiger partial charge in [-0.05, 0) is 52.0 Å². The summed E-state index contributed by atoms with van der Waals surface area (Å²) >= 11 is 0. The molecule has 118 valence electrons. The number of urea groups is 1. The first kappa shape index (κ1) is 15.8. The second kappa shape index (κ2) is 6.46. The highest BCUT2D eigenvalue weighted by molar-refractivity contribution is 5.87. The third-order valence-corrected chi connectivity index (χ3v) is 2.55. The third-order valence-electron chi connectivity index (χ3n) is 2.55. The van der Waals surface area contributed by atoms with Crippen molar-refractivity contribution in [3.63, 3.8) is 0 Å². The van der Waals surface area contributed by atoms with Gasteiger partial charge in [-0.25, -0.2) is 4.79 Å². The van der Waals surface area contributed by atoms with Gasteiger partial charge in [0.05, 0.1) is 6.61 Å². The van der Waals surface area contributed by atoms with Crippen molar-refractivity contribution in [2.45, 2.75) is 33.2 Å². The number of nitrogens with zero attached hydrogens (tertiary/aromatic N) is 2. The number of carbonyl (C=O) groups is 1. The molecule has 0 fully saturated rings. The zero-order chi connectivity index (χ0) is 16.2. The lowest BCUT2D eigenvalue weighted by Crippen LogP contribution is -2.43. The Morgan fingerprint density at radius 2 is 1.91 bits per heavy atom. The van der Waals surface area contributed by atoms with Gasteiger partial charge in [0.15, 0.2) is 0 Å². The van der Waals surface area contributed by atoms with Crippen molar-refractivity contribution in [1.29, 1.82) is 0 Å². The predicted molar refractivity (Wildman–Crippen MR) is 82.8 cm³/mol. The Kier molecular flexibility index (Phi) is 4.65. The predicted octanol–water partition coefficient (Wildman–Crippen LogP) is 3.06. The van der Waals surface area contributed by atoms with Crippen LogP contribution in [0.4, 0.5) is 10.8 Å². The van der Waals surface area contributed by atoms with Crippen LogP contribution >= 0.6 is 0 Å². The first-order valence-electron chi connectivity index (χ1n) is 7.03. The summed E-state index contributed by atoms with van der Waals surface area (Å²) in [7, 11) is 0. The summed E-state index contributed by atoms with van der Waals surface area (Å²) in [6.07, 6.45) is 0. The first-order valence-corrected chi connectivity index (χ1v) is 7.03. The minimum atomic E-state index is -0.394. The van der Waals surface area contributed by atoms with Crippen LogP contribution in [0.15, 0.2) is 28.7 Å². The van der Waals surface area contributed by atoms with E-state index in [-0.39, 0.29) is 11.6 Å². The Balaban J connectivity index is 2.03. The fourth-order valence-electron chi connectivity index (χ4n) is 1.72. The molecule has 7 nitrogen and oxygen atoms in total. The van der Waals surface area contributed by atoms with Crippen LogP contribution in [0.25, 0.3) is 11.5 Å². The molecular weight excluding hydrogens is 284 g/mol. The second-order valence-electron chi connectivity index (χ2n) is 5.70. The molecule has 0 spiro atoms. The average molecular weight is 304 g/mol. The van der Waals surface area contributed by atoms with E-state index in [1.807, 2.05) is 52.0 Å². The fourth-order valence-corrected chi connectivity index (χ4v) is 1.72.